The summed E-state index contributed by atoms with van der Waals surface area (Å²) < 4.78 is 58.5. The molecule has 2 N–H and O–H groups in total. The zero-order valence-corrected chi connectivity index (χ0v) is 25.1. The Morgan fingerprint density at radius 1 is 1.07 bits per heavy atom. The van der Waals surface area contributed by atoms with Crippen LogP contribution in [0.1, 0.15) is 38.2 Å². The molecule has 3 aromatic carbocycles. The minimum absolute atomic E-state index is 0.0239. The molecule has 12 heteroatoms. The Kier molecular flexibility index (Phi) is 10.6. The van der Waals surface area contributed by atoms with E-state index in [0.29, 0.717) is 23.7 Å². The van der Waals surface area contributed by atoms with E-state index in [1.165, 1.54) is 12.1 Å². The topological polar surface area (TPSA) is 91.0 Å². The van der Waals surface area contributed by atoms with Gasteiger partial charge in [-0.3, -0.25) is 9.62 Å². The monoisotopic (exact) mass is 620 g/mol. The Labute approximate surface area is 250 Å². The number of carbonyl (C=O) groups is 1. The van der Waals surface area contributed by atoms with Gasteiger partial charge < -0.3 is 15.0 Å². The summed E-state index contributed by atoms with van der Waals surface area (Å²) in [5, 5.41) is 2.89. The number of nitrogens with one attached hydrogen (secondary N) is 2. The highest BCUT2D eigenvalue weighted by molar-refractivity contribution is 7.92. The molecule has 1 aliphatic rings. The fraction of sp³-hybridized carbons (Fsp3) is 0.367. The van der Waals surface area contributed by atoms with Crippen molar-refractivity contribution in [2.75, 3.05) is 35.9 Å². The van der Waals surface area contributed by atoms with Crippen LogP contribution in [0.4, 0.5) is 25.0 Å². The maximum atomic E-state index is 14.1. The van der Waals surface area contributed by atoms with Crippen LogP contribution in [-0.2, 0) is 16.6 Å². The van der Waals surface area contributed by atoms with E-state index in [0.717, 1.165) is 69.3 Å². The van der Waals surface area contributed by atoms with Crippen LogP contribution in [0.2, 0.25) is 5.02 Å². The number of amides is 2. The third-order valence-corrected chi connectivity index (χ3v) is 7.88. The van der Waals surface area contributed by atoms with Gasteiger partial charge in [0.1, 0.15) is 23.1 Å². The van der Waals surface area contributed by atoms with Crippen molar-refractivity contribution in [1.82, 2.24) is 9.80 Å². The van der Waals surface area contributed by atoms with Crippen molar-refractivity contribution in [2.45, 2.75) is 45.2 Å². The molecule has 0 saturated carbocycles. The van der Waals surface area contributed by atoms with E-state index in [1.54, 1.807) is 17.0 Å². The smallest absolute Gasteiger partial charge is 0.322 e. The summed E-state index contributed by atoms with van der Waals surface area (Å²) in [6.07, 6.45) is 4.39. The van der Waals surface area contributed by atoms with Crippen LogP contribution < -0.4 is 14.8 Å². The number of hydrogen-bond donors (Lipinski definition) is 2. The van der Waals surface area contributed by atoms with Crippen molar-refractivity contribution in [1.29, 1.82) is 0 Å². The number of rotatable bonds is 11. The molecule has 42 heavy (non-hydrogen) atoms. The summed E-state index contributed by atoms with van der Waals surface area (Å²) in [5.74, 6) is -0.487. The van der Waals surface area contributed by atoms with E-state index in [9.17, 15) is 22.0 Å². The molecule has 0 unspecified atom stereocenters. The van der Waals surface area contributed by atoms with Gasteiger partial charge in [-0.05, 0) is 67.3 Å². The summed E-state index contributed by atoms with van der Waals surface area (Å²) >= 11 is 6.28. The molecule has 8 nitrogen and oxygen atoms in total. The van der Waals surface area contributed by atoms with Gasteiger partial charge in [0.05, 0.1) is 22.7 Å². The second-order valence-electron chi connectivity index (χ2n) is 10.4. The summed E-state index contributed by atoms with van der Waals surface area (Å²) in [7, 11) is -3.41. The Bertz CT molecular complexity index is 1480. The number of halogens is 3. The molecule has 1 saturated heterocycles. The quantitative estimate of drug-likeness (QED) is 0.239. The van der Waals surface area contributed by atoms with Gasteiger partial charge in [-0.1, -0.05) is 37.1 Å². The summed E-state index contributed by atoms with van der Waals surface area (Å²) in [6.45, 7) is 4.96. The molecular weight excluding hydrogens is 586 g/mol. The average molecular weight is 621 g/mol. The van der Waals surface area contributed by atoms with Crippen molar-refractivity contribution in [2.24, 2.45) is 0 Å². The number of likely N-dealkylation sites (tertiary alicyclic amines) is 1. The highest BCUT2D eigenvalue weighted by Gasteiger charge is 2.28. The van der Waals surface area contributed by atoms with Gasteiger partial charge in [0, 0.05) is 38.3 Å². The Morgan fingerprint density at radius 3 is 2.40 bits per heavy atom. The zero-order chi connectivity index (χ0) is 30.3. The first kappa shape index (κ1) is 31.5. The highest BCUT2D eigenvalue weighted by Crippen LogP contribution is 2.32. The number of unbranched alkanes of at least 4 members (excludes halogenated alkanes) is 1. The van der Waals surface area contributed by atoms with E-state index in [4.69, 9.17) is 16.3 Å². The van der Waals surface area contributed by atoms with Gasteiger partial charge in [-0.2, -0.15) is 0 Å². The Morgan fingerprint density at radius 2 is 1.79 bits per heavy atom. The second-order valence-corrected chi connectivity index (χ2v) is 12.5. The van der Waals surface area contributed by atoms with Crippen LogP contribution in [0.5, 0.6) is 11.5 Å². The summed E-state index contributed by atoms with van der Waals surface area (Å²) in [4.78, 5) is 17.2. The van der Waals surface area contributed by atoms with E-state index >= 15 is 0 Å². The first-order valence-electron chi connectivity index (χ1n) is 13.8. The SMILES string of the molecule is CCCCN(C(=O)Nc1ccc(F)cc1F)C1CCN(Cc2ccc(Oc3ccc(NS(C)(=O)=O)cc3Cl)cc2)CC1. The van der Waals surface area contributed by atoms with Crippen LogP contribution in [0.3, 0.4) is 0 Å². The fourth-order valence-corrected chi connectivity index (χ4v) is 5.63. The van der Waals surface area contributed by atoms with Gasteiger partial charge in [0.15, 0.2) is 0 Å². The number of anilines is 2. The molecule has 1 aliphatic heterocycles. The third kappa shape index (κ3) is 9.04. The van der Waals surface area contributed by atoms with Crippen molar-refractivity contribution in [3.8, 4) is 11.5 Å². The minimum Gasteiger partial charge on any atom is -0.456 e. The third-order valence-electron chi connectivity index (χ3n) is 6.98. The van der Waals surface area contributed by atoms with Gasteiger partial charge in [-0.25, -0.2) is 22.0 Å². The average Bonchev–Trinajstić information content (AvgIpc) is 2.93. The first-order chi connectivity index (χ1) is 20.0. The Hall–Kier alpha value is -3.41. The second kappa shape index (κ2) is 14.2. The predicted octanol–water partition coefficient (Wildman–Crippen LogP) is 7.08. The lowest BCUT2D eigenvalue weighted by molar-refractivity contribution is 0.122. The molecule has 4 rings (SSSR count). The number of urea groups is 1. The maximum absolute atomic E-state index is 14.1. The molecule has 0 atom stereocenters. The summed E-state index contributed by atoms with van der Waals surface area (Å²) in [5.41, 5.74) is 1.42. The van der Waals surface area contributed by atoms with Crippen molar-refractivity contribution in [3.05, 3.63) is 82.9 Å². The number of hydrogen-bond acceptors (Lipinski definition) is 5. The van der Waals surface area contributed by atoms with Crippen LogP contribution >= 0.6 is 11.6 Å². The van der Waals surface area contributed by atoms with E-state index in [2.05, 4.69) is 21.9 Å². The normalized spacial score (nSPS) is 14.4. The lowest BCUT2D eigenvalue weighted by atomic mass is 10.0. The van der Waals surface area contributed by atoms with Gasteiger partial charge in [0.2, 0.25) is 10.0 Å². The number of benzene rings is 3. The molecule has 0 aromatic heterocycles. The number of nitrogens with zero attached hydrogens (tertiary/aromatic N) is 2. The van der Waals surface area contributed by atoms with Gasteiger partial charge in [0.25, 0.3) is 0 Å². The lowest BCUT2D eigenvalue weighted by Crippen LogP contribution is -2.49. The highest BCUT2D eigenvalue weighted by atomic mass is 35.5. The predicted molar refractivity (Wildman–Crippen MR) is 162 cm³/mol. The number of sulfonamides is 1. The van der Waals surface area contributed by atoms with Crippen LogP contribution in [0.25, 0.3) is 0 Å². The Balaban J connectivity index is 1.30. The molecule has 0 spiro atoms. The minimum atomic E-state index is -3.41. The molecule has 3 aromatic rings. The van der Waals surface area contributed by atoms with Crippen LogP contribution in [0.15, 0.2) is 60.7 Å². The molecule has 2 amide bonds. The molecule has 0 bridgehead atoms. The molecule has 226 valence electrons. The molecule has 0 radical (unpaired) electrons. The first-order valence-corrected chi connectivity index (χ1v) is 16.1. The maximum Gasteiger partial charge on any atom is 0.322 e. The molecule has 1 heterocycles. The van der Waals surface area contributed by atoms with Crippen LogP contribution in [0, 0.1) is 11.6 Å². The van der Waals surface area contributed by atoms with E-state index in [1.807, 2.05) is 24.3 Å². The van der Waals surface area contributed by atoms with Crippen molar-refractivity contribution < 1.29 is 26.7 Å². The van der Waals surface area contributed by atoms with E-state index in [-0.39, 0.29) is 22.8 Å². The van der Waals surface area contributed by atoms with Crippen molar-refractivity contribution in [3.63, 3.8) is 0 Å². The van der Waals surface area contributed by atoms with Gasteiger partial charge in [-0.15, -0.1) is 0 Å². The van der Waals surface area contributed by atoms with Crippen molar-refractivity contribution >= 4 is 39.0 Å². The van der Waals surface area contributed by atoms with E-state index < -0.39 is 21.7 Å². The largest absolute Gasteiger partial charge is 0.456 e. The standard InChI is InChI=1S/C30H35ClF2N4O4S/c1-3-4-15-37(30(38)34-28-11-7-22(32)18-27(28)33)24-13-16-36(17-14-24)20-21-5-9-25(10-6-21)41-29-12-8-23(19-26(29)31)35-42(2,39)40/h5-12,18-19,24,35H,3-4,13-17,20H2,1-2H3,(H,34,38). The number of carbonyl (C=O) groups excluding carboxylic acids is 1. The van der Waals surface area contributed by atoms with Crippen LogP contribution in [-0.4, -0.2) is 56.2 Å². The van der Waals surface area contributed by atoms with Gasteiger partial charge >= 0.3 is 6.03 Å². The number of ether oxygens (including phenoxy) is 1. The fourth-order valence-electron chi connectivity index (χ4n) is 4.85. The number of piperidine rings is 1. The lowest BCUT2D eigenvalue weighted by Gasteiger charge is -2.38. The molecule has 0 aliphatic carbocycles. The zero-order valence-electron chi connectivity index (χ0n) is 23.6. The summed E-state index contributed by atoms with van der Waals surface area (Å²) in [6, 6.07) is 15.1. The molecule has 1 fully saturated rings. The molecular formula is C30H35ClF2N4O4S.